The molecule has 0 saturated heterocycles. The zero-order chi connectivity index (χ0) is 13.1. The van der Waals surface area contributed by atoms with E-state index in [0.717, 1.165) is 0 Å². The van der Waals surface area contributed by atoms with Crippen LogP contribution in [-0.4, -0.2) is 5.97 Å². The fraction of sp³-hybridized carbons (Fsp3) is 0.0833. The minimum Gasteiger partial charge on any atom is -0.455 e. The smallest absolute Gasteiger partial charge is 0.374 e. The van der Waals surface area contributed by atoms with E-state index in [9.17, 15) is 4.79 Å². The average Bonchev–Trinajstić information content (AvgIpc) is 2.75. The van der Waals surface area contributed by atoms with Crippen LogP contribution in [0.3, 0.4) is 0 Å². The van der Waals surface area contributed by atoms with Crippen molar-refractivity contribution in [3.8, 4) is 0 Å². The molecule has 94 valence electrons. The summed E-state index contributed by atoms with van der Waals surface area (Å²) in [4.78, 5) is 11.6. The highest BCUT2D eigenvalue weighted by Crippen LogP contribution is 2.25. The van der Waals surface area contributed by atoms with Gasteiger partial charge in [0.1, 0.15) is 6.61 Å². The molecule has 0 N–H and O–H groups in total. The highest BCUT2D eigenvalue weighted by atomic mass is 79.9. The van der Waals surface area contributed by atoms with Crippen molar-refractivity contribution in [1.29, 1.82) is 0 Å². The van der Waals surface area contributed by atoms with Crippen molar-refractivity contribution in [3.05, 3.63) is 56.4 Å². The first kappa shape index (κ1) is 13.5. The molecular formula is C12H7BrCl2O3. The van der Waals surface area contributed by atoms with Gasteiger partial charge in [0.25, 0.3) is 0 Å². The van der Waals surface area contributed by atoms with Gasteiger partial charge >= 0.3 is 5.97 Å². The van der Waals surface area contributed by atoms with Gasteiger partial charge in [-0.15, -0.1) is 0 Å². The first-order valence-electron chi connectivity index (χ1n) is 4.93. The third-order valence-corrected chi connectivity index (χ3v) is 3.32. The van der Waals surface area contributed by atoms with Gasteiger partial charge < -0.3 is 9.15 Å². The molecule has 0 atom stereocenters. The summed E-state index contributed by atoms with van der Waals surface area (Å²) in [7, 11) is 0. The Bertz CT molecular complexity index is 560. The zero-order valence-electron chi connectivity index (χ0n) is 8.95. The van der Waals surface area contributed by atoms with Crippen LogP contribution in [0, 0.1) is 0 Å². The molecule has 0 aliphatic heterocycles. The van der Waals surface area contributed by atoms with Gasteiger partial charge in [0.05, 0.1) is 0 Å². The lowest BCUT2D eigenvalue weighted by Crippen LogP contribution is -2.04. The van der Waals surface area contributed by atoms with Gasteiger partial charge in [-0.05, 0) is 40.2 Å². The number of esters is 1. The quantitative estimate of drug-likeness (QED) is 0.753. The summed E-state index contributed by atoms with van der Waals surface area (Å²) >= 11 is 15.0. The van der Waals surface area contributed by atoms with Crippen LogP contribution in [0.2, 0.25) is 10.0 Å². The van der Waals surface area contributed by atoms with Crippen molar-refractivity contribution in [2.45, 2.75) is 6.61 Å². The van der Waals surface area contributed by atoms with Crippen molar-refractivity contribution in [3.63, 3.8) is 0 Å². The Morgan fingerprint density at radius 2 is 1.89 bits per heavy atom. The van der Waals surface area contributed by atoms with Crippen LogP contribution in [0.15, 0.2) is 39.4 Å². The highest BCUT2D eigenvalue weighted by molar-refractivity contribution is 9.10. The normalized spacial score (nSPS) is 10.4. The van der Waals surface area contributed by atoms with E-state index in [-0.39, 0.29) is 12.4 Å². The lowest BCUT2D eigenvalue weighted by Gasteiger charge is -2.07. The molecule has 0 amide bonds. The van der Waals surface area contributed by atoms with E-state index in [1.165, 1.54) is 6.07 Å². The van der Waals surface area contributed by atoms with Gasteiger partial charge in [-0.3, -0.25) is 0 Å². The maximum absolute atomic E-state index is 11.6. The first-order chi connectivity index (χ1) is 8.58. The molecule has 1 aromatic heterocycles. The molecule has 3 nitrogen and oxygen atoms in total. The largest absolute Gasteiger partial charge is 0.455 e. The summed E-state index contributed by atoms with van der Waals surface area (Å²) in [5.74, 6) is -0.457. The van der Waals surface area contributed by atoms with Crippen molar-refractivity contribution in [2.75, 3.05) is 0 Å². The summed E-state index contributed by atoms with van der Waals surface area (Å²) in [6, 6.07) is 8.21. The van der Waals surface area contributed by atoms with Crippen LogP contribution < -0.4 is 0 Å². The maximum atomic E-state index is 11.6. The third-order valence-electron chi connectivity index (χ3n) is 2.18. The Morgan fingerprint density at radius 1 is 1.22 bits per heavy atom. The summed E-state index contributed by atoms with van der Waals surface area (Å²) in [6.07, 6.45) is 0. The van der Waals surface area contributed by atoms with Gasteiger partial charge in [0.2, 0.25) is 5.76 Å². The molecule has 0 radical (unpaired) electrons. The van der Waals surface area contributed by atoms with E-state index in [2.05, 4.69) is 15.9 Å². The highest BCUT2D eigenvalue weighted by Gasteiger charge is 2.14. The number of furan rings is 1. The molecule has 18 heavy (non-hydrogen) atoms. The van der Waals surface area contributed by atoms with E-state index in [1.54, 1.807) is 24.3 Å². The molecule has 0 spiro atoms. The number of carbonyl (C=O) groups is 1. The molecule has 0 aliphatic rings. The van der Waals surface area contributed by atoms with Crippen LogP contribution in [0.1, 0.15) is 16.1 Å². The molecule has 1 heterocycles. The Hall–Kier alpha value is -0.970. The molecule has 1 aromatic carbocycles. The Labute approximate surface area is 122 Å². The molecule has 2 rings (SSSR count). The van der Waals surface area contributed by atoms with E-state index in [0.29, 0.717) is 20.3 Å². The van der Waals surface area contributed by atoms with E-state index in [1.807, 2.05) is 0 Å². The second kappa shape index (κ2) is 5.78. The lowest BCUT2D eigenvalue weighted by atomic mass is 10.2. The molecular weight excluding hydrogens is 343 g/mol. The van der Waals surface area contributed by atoms with Crippen LogP contribution >= 0.6 is 39.1 Å². The number of halogens is 3. The van der Waals surface area contributed by atoms with Crippen molar-refractivity contribution in [1.82, 2.24) is 0 Å². The fourth-order valence-corrected chi connectivity index (χ4v) is 2.12. The van der Waals surface area contributed by atoms with Crippen LogP contribution in [0.4, 0.5) is 0 Å². The monoisotopic (exact) mass is 348 g/mol. The second-order valence-corrected chi connectivity index (χ2v) is 4.98. The molecule has 0 unspecified atom stereocenters. The average molecular weight is 350 g/mol. The van der Waals surface area contributed by atoms with E-state index in [4.69, 9.17) is 32.4 Å². The summed E-state index contributed by atoms with van der Waals surface area (Å²) in [5.41, 5.74) is 0.569. The molecule has 2 aromatic rings. The summed E-state index contributed by atoms with van der Waals surface area (Å²) < 4.78 is 10.6. The second-order valence-electron chi connectivity index (χ2n) is 3.38. The fourth-order valence-electron chi connectivity index (χ4n) is 1.30. The predicted molar refractivity (Wildman–Crippen MR) is 72.0 cm³/mol. The van der Waals surface area contributed by atoms with E-state index >= 15 is 0 Å². The molecule has 6 heteroatoms. The Morgan fingerprint density at radius 3 is 2.44 bits per heavy atom. The minimum atomic E-state index is -0.573. The molecule has 0 fully saturated rings. The Balaban J connectivity index is 2.06. The van der Waals surface area contributed by atoms with Crippen molar-refractivity contribution >= 4 is 45.1 Å². The summed E-state index contributed by atoms with van der Waals surface area (Å²) in [5, 5.41) is 0.909. The van der Waals surface area contributed by atoms with Crippen molar-refractivity contribution < 1.29 is 13.9 Å². The predicted octanol–water partition coefficient (Wildman–Crippen LogP) is 4.71. The summed E-state index contributed by atoms with van der Waals surface area (Å²) in [6.45, 7) is -0.00431. The minimum absolute atomic E-state index is 0.00431. The third kappa shape index (κ3) is 3.07. The number of carbonyl (C=O) groups excluding carboxylic acids is 1. The van der Waals surface area contributed by atoms with Gasteiger partial charge in [-0.1, -0.05) is 29.3 Å². The number of benzene rings is 1. The maximum Gasteiger partial charge on any atom is 0.374 e. The number of ether oxygens (including phenoxy) is 1. The molecule has 0 aliphatic carbocycles. The van der Waals surface area contributed by atoms with Crippen LogP contribution in [0.25, 0.3) is 0 Å². The van der Waals surface area contributed by atoms with Crippen LogP contribution in [0.5, 0.6) is 0 Å². The molecule has 0 saturated carbocycles. The van der Waals surface area contributed by atoms with Gasteiger partial charge in [-0.25, -0.2) is 4.79 Å². The van der Waals surface area contributed by atoms with Gasteiger partial charge in [-0.2, -0.15) is 0 Å². The van der Waals surface area contributed by atoms with Gasteiger partial charge in [0.15, 0.2) is 4.67 Å². The standard InChI is InChI=1S/C12H7BrCl2O3/c13-11-5-4-10(18-11)12(16)17-6-7-8(14)2-1-3-9(7)15/h1-5H,6H2. The lowest BCUT2D eigenvalue weighted by molar-refractivity contribution is 0.0435. The van der Waals surface area contributed by atoms with Gasteiger partial charge in [0, 0.05) is 15.6 Å². The Kier molecular flexibility index (Phi) is 4.32. The van der Waals surface area contributed by atoms with E-state index < -0.39 is 5.97 Å². The van der Waals surface area contributed by atoms with Crippen molar-refractivity contribution in [2.24, 2.45) is 0 Å². The zero-order valence-corrected chi connectivity index (χ0v) is 12.1. The topological polar surface area (TPSA) is 39.4 Å². The number of hydrogen-bond acceptors (Lipinski definition) is 3. The number of hydrogen-bond donors (Lipinski definition) is 0. The number of rotatable bonds is 3. The first-order valence-corrected chi connectivity index (χ1v) is 6.48. The SMILES string of the molecule is O=C(OCc1c(Cl)cccc1Cl)c1ccc(Br)o1. The van der Waals surface area contributed by atoms with Crippen LogP contribution in [-0.2, 0) is 11.3 Å². The molecule has 0 bridgehead atoms.